The standard InChI is InChI=1S/C10H22N2O2/c1-9(2)4-5-12(6-7-14-3)8-10(11)13/h9H,4-8H2,1-3H3,(H2,11,13). The molecule has 4 heteroatoms. The highest BCUT2D eigenvalue weighted by atomic mass is 16.5. The number of nitrogens with zero attached hydrogens (tertiary/aromatic N) is 1. The van der Waals surface area contributed by atoms with Crippen molar-refractivity contribution >= 4 is 5.91 Å². The lowest BCUT2D eigenvalue weighted by Crippen LogP contribution is -2.37. The minimum absolute atomic E-state index is 0.273. The molecule has 0 unspecified atom stereocenters. The lowest BCUT2D eigenvalue weighted by molar-refractivity contribution is -0.119. The summed E-state index contributed by atoms with van der Waals surface area (Å²) >= 11 is 0. The fraction of sp³-hybridized carbons (Fsp3) is 0.900. The Hall–Kier alpha value is -0.610. The van der Waals surface area contributed by atoms with Gasteiger partial charge in [-0.15, -0.1) is 0 Å². The smallest absolute Gasteiger partial charge is 0.231 e. The molecule has 0 aliphatic rings. The maximum atomic E-state index is 10.8. The highest BCUT2D eigenvalue weighted by Gasteiger charge is 2.08. The van der Waals surface area contributed by atoms with Gasteiger partial charge in [0.15, 0.2) is 0 Å². The summed E-state index contributed by atoms with van der Waals surface area (Å²) in [5.41, 5.74) is 5.15. The fourth-order valence-electron chi connectivity index (χ4n) is 1.15. The molecule has 0 rings (SSSR count). The molecule has 2 N–H and O–H groups in total. The van der Waals surface area contributed by atoms with Crippen molar-refractivity contribution in [3.8, 4) is 0 Å². The fourth-order valence-corrected chi connectivity index (χ4v) is 1.15. The Bertz CT molecular complexity index is 160. The van der Waals surface area contributed by atoms with Gasteiger partial charge < -0.3 is 10.5 Å². The average molecular weight is 202 g/mol. The molecule has 0 saturated carbocycles. The van der Waals surface area contributed by atoms with Gasteiger partial charge in [0.1, 0.15) is 0 Å². The van der Waals surface area contributed by atoms with E-state index in [1.807, 2.05) is 4.90 Å². The summed E-state index contributed by atoms with van der Waals surface area (Å²) < 4.78 is 4.97. The van der Waals surface area contributed by atoms with Gasteiger partial charge in [-0.05, 0) is 18.9 Å². The molecular formula is C10H22N2O2. The SMILES string of the molecule is COCCN(CCC(C)C)CC(N)=O. The average Bonchev–Trinajstić information content (AvgIpc) is 2.09. The van der Waals surface area contributed by atoms with Crippen molar-refractivity contribution in [3.05, 3.63) is 0 Å². The van der Waals surface area contributed by atoms with Crippen molar-refractivity contribution in [2.24, 2.45) is 11.7 Å². The first-order valence-electron chi connectivity index (χ1n) is 5.05. The number of methoxy groups -OCH3 is 1. The van der Waals surface area contributed by atoms with Crippen LogP contribution in [0.25, 0.3) is 0 Å². The zero-order valence-electron chi connectivity index (χ0n) is 9.45. The summed E-state index contributed by atoms with van der Waals surface area (Å²) in [5.74, 6) is 0.373. The Labute approximate surface area is 86.4 Å². The maximum absolute atomic E-state index is 10.8. The van der Waals surface area contributed by atoms with Crippen LogP contribution in [0.5, 0.6) is 0 Å². The van der Waals surface area contributed by atoms with E-state index in [1.165, 1.54) is 0 Å². The normalized spacial score (nSPS) is 11.2. The van der Waals surface area contributed by atoms with E-state index in [0.29, 0.717) is 19.1 Å². The minimum atomic E-state index is -0.273. The van der Waals surface area contributed by atoms with Crippen molar-refractivity contribution < 1.29 is 9.53 Å². The van der Waals surface area contributed by atoms with Crippen LogP contribution in [0.2, 0.25) is 0 Å². The monoisotopic (exact) mass is 202 g/mol. The molecule has 0 aromatic carbocycles. The van der Waals surface area contributed by atoms with Crippen molar-refractivity contribution in [1.29, 1.82) is 0 Å². The number of carbonyl (C=O) groups is 1. The number of ether oxygens (including phenoxy) is 1. The number of hydrogen-bond donors (Lipinski definition) is 1. The van der Waals surface area contributed by atoms with Crippen molar-refractivity contribution in [2.75, 3.05) is 33.4 Å². The lowest BCUT2D eigenvalue weighted by Gasteiger charge is -2.20. The molecule has 0 heterocycles. The third-order valence-electron chi connectivity index (χ3n) is 2.01. The van der Waals surface area contributed by atoms with E-state index in [4.69, 9.17) is 10.5 Å². The molecule has 0 aliphatic carbocycles. The molecule has 0 bridgehead atoms. The van der Waals surface area contributed by atoms with Gasteiger partial charge in [0, 0.05) is 13.7 Å². The van der Waals surface area contributed by atoms with E-state index >= 15 is 0 Å². The van der Waals surface area contributed by atoms with Crippen LogP contribution in [-0.4, -0.2) is 44.2 Å². The van der Waals surface area contributed by atoms with E-state index in [0.717, 1.165) is 19.5 Å². The van der Waals surface area contributed by atoms with E-state index in [2.05, 4.69) is 13.8 Å². The predicted molar refractivity (Wildman–Crippen MR) is 57.0 cm³/mol. The van der Waals surface area contributed by atoms with Crippen LogP contribution in [0, 0.1) is 5.92 Å². The van der Waals surface area contributed by atoms with Crippen LogP contribution in [0.4, 0.5) is 0 Å². The van der Waals surface area contributed by atoms with E-state index in [-0.39, 0.29) is 5.91 Å². The van der Waals surface area contributed by atoms with Crippen LogP contribution < -0.4 is 5.73 Å². The molecule has 0 spiro atoms. The molecule has 0 saturated heterocycles. The summed E-state index contributed by atoms with van der Waals surface area (Å²) in [5, 5.41) is 0. The topological polar surface area (TPSA) is 55.6 Å². The Kier molecular flexibility index (Phi) is 7.42. The summed E-state index contributed by atoms with van der Waals surface area (Å²) in [4.78, 5) is 12.8. The molecule has 0 aliphatic heterocycles. The Morgan fingerprint density at radius 3 is 2.50 bits per heavy atom. The Balaban J connectivity index is 3.78. The molecule has 84 valence electrons. The number of primary amides is 1. The molecule has 0 radical (unpaired) electrons. The zero-order valence-corrected chi connectivity index (χ0v) is 9.45. The highest BCUT2D eigenvalue weighted by Crippen LogP contribution is 2.01. The second-order valence-corrected chi connectivity index (χ2v) is 3.92. The second kappa shape index (κ2) is 7.76. The first-order valence-corrected chi connectivity index (χ1v) is 5.05. The summed E-state index contributed by atoms with van der Waals surface area (Å²) in [6, 6.07) is 0. The van der Waals surface area contributed by atoms with Crippen LogP contribution in [-0.2, 0) is 9.53 Å². The minimum Gasteiger partial charge on any atom is -0.383 e. The molecule has 0 atom stereocenters. The van der Waals surface area contributed by atoms with Gasteiger partial charge in [0.05, 0.1) is 13.2 Å². The number of nitrogens with two attached hydrogens (primary N) is 1. The maximum Gasteiger partial charge on any atom is 0.231 e. The third-order valence-corrected chi connectivity index (χ3v) is 2.01. The van der Waals surface area contributed by atoms with Gasteiger partial charge in [-0.3, -0.25) is 9.69 Å². The first-order chi connectivity index (χ1) is 6.56. The summed E-state index contributed by atoms with van der Waals surface area (Å²) in [7, 11) is 1.66. The number of hydrogen-bond acceptors (Lipinski definition) is 3. The first kappa shape index (κ1) is 13.4. The number of rotatable bonds is 8. The lowest BCUT2D eigenvalue weighted by atomic mass is 10.1. The van der Waals surface area contributed by atoms with Crippen LogP contribution >= 0.6 is 0 Å². The molecule has 0 aromatic rings. The number of carbonyl (C=O) groups excluding carboxylic acids is 1. The summed E-state index contributed by atoms with van der Waals surface area (Å²) in [6.45, 7) is 6.98. The number of amides is 1. The molecule has 1 amide bonds. The zero-order chi connectivity index (χ0) is 11.0. The predicted octanol–water partition coefficient (Wildman–Crippen LogP) is 0.466. The van der Waals surface area contributed by atoms with Crippen molar-refractivity contribution in [2.45, 2.75) is 20.3 Å². The molecular weight excluding hydrogens is 180 g/mol. The van der Waals surface area contributed by atoms with Crippen LogP contribution in [0.1, 0.15) is 20.3 Å². The Morgan fingerprint density at radius 1 is 1.43 bits per heavy atom. The van der Waals surface area contributed by atoms with Gasteiger partial charge in [-0.1, -0.05) is 13.8 Å². The second-order valence-electron chi connectivity index (χ2n) is 3.92. The molecule has 0 aromatic heterocycles. The van der Waals surface area contributed by atoms with Gasteiger partial charge >= 0.3 is 0 Å². The van der Waals surface area contributed by atoms with E-state index in [1.54, 1.807) is 7.11 Å². The molecule has 4 nitrogen and oxygen atoms in total. The summed E-state index contributed by atoms with van der Waals surface area (Å²) in [6.07, 6.45) is 1.08. The van der Waals surface area contributed by atoms with Crippen LogP contribution in [0.15, 0.2) is 0 Å². The van der Waals surface area contributed by atoms with E-state index in [9.17, 15) is 4.79 Å². The van der Waals surface area contributed by atoms with E-state index < -0.39 is 0 Å². The molecule has 0 fully saturated rings. The van der Waals surface area contributed by atoms with Crippen LogP contribution in [0.3, 0.4) is 0 Å². The van der Waals surface area contributed by atoms with Crippen molar-refractivity contribution in [1.82, 2.24) is 4.90 Å². The van der Waals surface area contributed by atoms with Gasteiger partial charge in [0.25, 0.3) is 0 Å². The van der Waals surface area contributed by atoms with Gasteiger partial charge in [-0.25, -0.2) is 0 Å². The quantitative estimate of drug-likeness (QED) is 0.622. The Morgan fingerprint density at radius 2 is 2.07 bits per heavy atom. The van der Waals surface area contributed by atoms with Gasteiger partial charge in [0.2, 0.25) is 5.91 Å². The largest absolute Gasteiger partial charge is 0.383 e. The van der Waals surface area contributed by atoms with Crippen molar-refractivity contribution in [3.63, 3.8) is 0 Å². The molecule has 14 heavy (non-hydrogen) atoms. The van der Waals surface area contributed by atoms with Gasteiger partial charge in [-0.2, -0.15) is 0 Å². The third kappa shape index (κ3) is 8.01. The highest BCUT2D eigenvalue weighted by molar-refractivity contribution is 5.75.